The summed E-state index contributed by atoms with van der Waals surface area (Å²) in [5.74, 6) is 0.544. The van der Waals surface area contributed by atoms with Gasteiger partial charge in [0.25, 0.3) is 0 Å². The van der Waals surface area contributed by atoms with Gasteiger partial charge in [-0.15, -0.1) is 0 Å². The number of hydrogen-bond acceptors (Lipinski definition) is 4. The molecule has 19 heavy (non-hydrogen) atoms. The third kappa shape index (κ3) is 3.00. The summed E-state index contributed by atoms with van der Waals surface area (Å²) in [6.07, 6.45) is 1.57. The fourth-order valence-corrected chi connectivity index (χ4v) is 1.81. The fourth-order valence-electron chi connectivity index (χ4n) is 1.81. The Hall–Kier alpha value is -2.14. The summed E-state index contributed by atoms with van der Waals surface area (Å²) < 4.78 is 11.0. The van der Waals surface area contributed by atoms with Crippen molar-refractivity contribution in [2.24, 2.45) is 5.73 Å². The molecule has 0 aliphatic heterocycles. The number of amidine groups is 1. The third-order valence-electron chi connectivity index (χ3n) is 2.69. The van der Waals surface area contributed by atoms with Gasteiger partial charge in [-0.3, -0.25) is 10.4 Å². The molecule has 5 heteroatoms. The van der Waals surface area contributed by atoms with Crippen LogP contribution >= 0.6 is 0 Å². The number of nitrogen functional groups attached to an aromatic ring is 1. The van der Waals surface area contributed by atoms with Crippen LogP contribution in [-0.2, 0) is 4.74 Å². The van der Waals surface area contributed by atoms with Crippen molar-refractivity contribution in [2.75, 3.05) is 19.8 Å². The summed E-state index contributed by atoms with van der Waals surface area (Å²) in [5, 5.41) is 8.45. The lowest BCUT2D eigenvalue weighted by molar-refractivity contribution is 0.110. The van der Waals surface area contributed by atoms with E-state index >= 15 is 0 Å². The molecule has 2 aromatic rings. The number of nitrogens with two attached hydrogens (primary N) is 1. The summed E-state index contributed by atoms with van der Waals surface area (Å²) in [6, 6.07) is 7.62. The molecule has 1 aromatic carbocycles. The molecule has 1 heterocycles. The number of ether oxygens (including phenoxy) is 2. The average molecular weight is 259 g/mol. The van der Waals surface area contributed by atoms with Gasteiger partial charge < -0.3 is 15.2 Å². The van der Waals surface area contributed by atoms with Crippen LogP contribution in [0.4, 0.5) is 0 Å². The summed E-state index contributed by atoms with van der Waals surface area (Å²) >= 11 is 0. The van der Waals surface area contributed by atoms with Crippen molar-refractivity contribution >= 4 is 16.7 Å². The maximum Gasteiger partial charge on any atom is 0.141 e. The van der Waals surface area contributed by atoms with Crippen LogP contribution in [0.2, 0.25) is 0 Å². The zero-order valence-electron chi connectivity index (χ0n) is 10.8. The first-order valence-electron chi connectivity index (χ1n) is 6.16. The molecule has 0 atom stereocenters. The van der Waals surface area contributed by atoms with Crippen LogP contribution in [0.3, 0.4) is 0 Å². The van der Waals surface area contributed by atoms with E-state index in [1.807, 2.05) is 31.2 Å². The molecular weight excluding hydrogens is 242 g/mol. The first-order chi connectivity index (χ1) is 9.24. The lowest BCUT2D eigenvalue weighted by atomic mass is 10.1. The Balaban J connectivity index is 2.35. The molecule has 2 rings (SSSR count). The summed E-state index contributed by atoms with van der Waals surface area (Å²) in [4.78, 5) is 4.28. The van der Waals surface area contributed by atoms with E-state index in [2.05, 4.69) is 4.98 Å². The molecule has 0 saturated heterocycles. The Kier molecular flexibility index (Phi) is 4.30. The number of fused-ring (bicyclic) bond motifs is 1. The molecule has 100 valence electrons. The zero-order valence-corrected chi connectivity index (χ0v) is 10.8. The van der Waals surface area contributed by atoms with Crippen LogP contribution in [-0.4, -0.2) is 30.6 Å². The second-order valence-electron chi connectivity index (χ2n) is 3.98. The van der Waals surface area contributed by atoms with Crippen molar-refractivity contribution in [1.29, 1.82) is 5.41 Å². The first-order valence-corrected chi connectivity index (χ1v) is 6.16. The quantitative estimate of drug-likeness (QED) is 0.472. The van der Waals surface area contributed by atoms with E-state index in [1.54, 1.807) is 6.20 Å². The van der Waals surface area contributed by atoms with Crippen LogP contribution in [0.1, 0.15) is 12.5 Å². The highest BCUT2D eigenvalue weighted by atomic mass is 16.5. The predicted octanol–water partition coefficient (Wildman–Crippen LogP) is 1.93. The molecule has 0 aliphatic carbocycles. The molecule has 0 aliphatic rings. The normalized spacial score (nSPS) is 10.6. The number of nitrogens with zero attached hydrogens (tertiary/aromatic N) is 1. The van der Waals surface area contributed by atoms with Crippen molar-refractivity contribution in [2.45, 2.75) is 6.92 Å². The second-order valence-corrected chi connectivity index (χ2v) is 3.98. The van der Waals surface area contributed by atoms with Crippen LogP contribution in [0.25, 0.3) is 10.9 Å². The SMILES string of the molecule is CCOCCOc1c(C(=N)N)cnc2ccccc12. The minimum Gasteiger partial charge on any atom is -0.490 e. The van der Waals surface area contributed by atoms with Crippen LogP contribution < -0.4 is 10.5 Å². The molecule has 0 saturated carbocycles. The summed E-state index contributed by atoms with van der Waals surface area (Å²) in [6.45, 7) is 3.51. The molecule has 0 spiro atoms. The van der Waals surface area contributed by atoms with E-state index in [0.29, 0.717) is 31.1 Å². The fraction of sp³-hybridized carbons (Fsp3) is 0.286. The highest BCUT2D eigenvalue weighted by molar-refractivity contribution is 6.02. The number of benzene rings is 1. The van der Waals surface area contributed by atoms with E-state index in [4.69, 9.17) is 20.6 Å². The second kappa shape index (κ2) is 6.15. The number of rotatable bonds is 6. The molecule has 5 nitrogen and oxygen atoms in total. The zero-order chi connectivity index (χ0) is 13.7. The van der Waals surface area contributed by atoms with Crippen molar-refractivity contribution in [3.8, 4) is 5.75 Å². The van der Waals surface area contributed by atoms with Gasteiger partial charge in [-0.2, -0.15) is 0 Å². The van der Waals surface area contributed by atoms with E-state index in [0.717, 1.165) is 10.9 Å². The Morgan fingerprint density at radius 3 is 2.84 bits per heavy atom. The van der Waals surface area contributed by atoms with Gasteiger partial charge >= 0.3 is 0 Å². The van der Waals surface area contributed by atoms with Gasteiger partial charge in [0.2, 0.25) is 0 Å². The minimum absolute atomic E-state index is 0.0512. The lowest BCUT2D eigenvalue weighted by Gasteiger charge is -2.13. The molecule has 0 bridgehead atoms. The third-order valence-corrected chi connectivity index (χ3v) is 2.69. The molecule has 1 aromatic heterocycles. The van der Waals surface area contributed by atoms with Gasteiger partial charge in [-0.05, 0) is 19.1 Å². The van der Waals surface area contributed by atoms with Crippen molar-refractivity contribution in [3.63, 3.8) is 0 Å². The van der Waals surface area contributed by atoms with Gasteiger partial charge in [0.1, 0.15) is 18.2 Å². The van der Waals surface area contributed by atoms with Gasteiger partial charge in [-0.1, -0.05) is 12.1 Å². The Morgan fingerprint density at radius 2 is 2.11 bits per heavy atom. The maximum absolute atomic E-state index is 7.59. The molecule has 0 unspecified atom stereocenters. The van der Waals surface area contributed by atoms with E-state index in [9.17, 15) is 0 Å². The number of hydrogen-bond donors (Lipinski definition) is 2. The Bertz CT molecular complexity index is 584. The largest absolute Gasteiger partial charge is 0.490 e. The number of aromatic nitrogens is 1. The monoisotopic (exact) mass is 259 g/mol. The van der Waals surface area contributed by atoms with Crippen molar-refractivity contribution < 1.29 is 9.47 Å². The molecule has 0 fully saturated rings. The van der Waals surface area contributed by atoms with Crippen LogP contribution in [0, 0.1) is 5.41 Å². The number of nitrogens with one attached hydrogen (secondary N) is 1. The molecule has 0 amide bonds. The lowest BCUT2D eigenvalue weighted by Crippen LogP contribution is -2.15. The van der Waals surface area contributed by atoms with Crippen molar-refractivity contribution in [3.05, 3.63) is 36.0 Å². The number of para-hydroxylation sites is 1. The van der Waals surface area contributed by atoms with E-state index < -0.39 is 0 Å². The topological polar surface area (TPSA) is 81.2 Å². The summed E-state index contributed by atoms with van der Waals surface area (Å²) in [7, 11) is 0. The van der Waals surface area contributed by atoms with E-state index in [-0.39, 0.29) is 5.84 Å². The van der Waals surface area contributed by atoms with Gasteiger partial charge in [0, 0.05) is 18.2 Å². The first kappa shape index (κ1) is 13.3. The van der Waals surface area contributed by atoms with Crippen LogP contribution in [0.5, 0.6) is 5.75 Å². The van der Waals surface area contributed by atoms with Gasteiger partial charge in [-0.25, -0.2) is 0 Å². The highest BCUT2D eigenvalue weighted by Crippen LogP contribution is 2.27. The Morgan fingerprint density at radius 1 is 1.32 bits per heavy atom. The minimum atomic E-state index is -0.0512. The Labute approximate surface area is 111 Å². The maximum atomic E-state index is 7.59. The predicted molar refractivity (Wildman–Crippen MR) is 74.7 cm³/mol. The standard InChI is InChI=1S/C14H17N3O2/c1-2-18-7-8-19-13-10-5-3-4-6-12(10)17-9-11(13)14(15)16/h3-6,9H,2,7-8H2,1H3,(H3,15,16). The molecule has 0 radical (unpaired) electrons. The molecule has 3 N–H and O–H groups in total. The van der Waals surface area contributed by atoms with Crippen molar-refractivity contribution in [1.82, 2.24) is 4.98 Å². The average Bonchev–Trinajstić information content (AvgIpc) is 2.43. The number of pyridine rings is 1. The summed E-state index contributed by atoms with van der Waals surface area (Å²) in [5.41, 5.74) is 6.90. The highest BCUT2D eigenvalue weighted by Gasteiger charge is 2.12. The van der Waals surface area contributed by atoms with Gasteiger partial charge in [0.15, 0.2) is 0 Å². The van der Waals surface area contributed by atoms with Crippen LogP contribution in [0.15, 0.2) is 30.5 Å². The smallest absolute Gasteiger partial charge is 0.141 e. The van der Waals surface area contributed by atoms with Gasteiger partial charge in [0.05, 0.1) is 17.7 Å². The molecular formula is C14H17N3O2. The van der Waals surface area contributed by atoms with E-state index in [1.165, 1.54) is 0 Å².